The van der Waals surface area contributed by atoms with Crippen LogP contribution >= 0.6 is 0 Å². The zero-order valence-corrected chi connectivity index (χ0v) is 16.9. The third-order valence-corrected chi connectivity index (χ3v) is 8.85. The van der Waals surface area contributed by atoms with Crippen molar-refractivity contribution in [2.45, 2.75) is 70.5 Å². The predicted molar refractivity (Wildman–Crippen MR) is 100 cm³/mol. The van der Waals surface area contributed by atoms with E-state index in [2.05, 4.69) is 20.8 Å². The first kappa shape index (κ1) is 19.1. The summed E-state index contributed by atoms with van der Waals surface area (Å²) in [5.74, 6) is 1.49. The maximum Gasteiger partial charge on any atom is 0.457 e. The second kappa shape index (κ2) is 6.16. The molecule has 2 aliphatic heterocycles. The first-order chi connectivity index (χ1) is 12.0. The largest absolute Gasteiger partial charge is 0.457 e. The van der Waals surface area contributed by atoms with Crippen molar-refractivity contribution in [3.63, 3.8) is 0 Å². The van der Waals surface area contributed by atoms with Crippen LogP contribution in [0.2, 0.25) is 6.32 Å². The molecule has 0 spiro atoms. The fourth-order valence-corrected chi connectivity index (χ4v) is 6.77. The molecule has 6 atom stereocenters. The van der Waals surface area contributed by atoms with Crippen LogP contribution in [0.15, 0.2) is 0 Å². The smallest absolute Gasteiger partial charge is 0.405 e. The highest BCUT2D eigenvalue weighted by Crippen LogP contribution is 2.65. The minimum Gasteiger partial charge on any atom is -0.405 e. The Kier molecular flexibility index (Phi) is 4.53. The van der Waals surface area contributed by atoms with Gasteiger partial charge in [-0.1, -0.05) is 20.3 Å². The Labute approximate surface area is 157 Å². The van der Waals surface area contributed by atoms with E-state index in [1.54, 1.807) is 0 Å². The molecule has 2 bridgehead atoms. The van der Waals surface area contributed by atoms with Crippen LogP contribution in [0.3, 0.4) is 0 Å². The molecule has 3 saturated carbocycles. The van der Waals surface area contributed by atoms with Crippen LogP contribution in [-0.4, -0.2) is 50.7 Å². The standard InChI is InChI=1S/C17H32BN3O4S/c1-16(2)12-7-14(16)17(3)15(8-12)24-18(25-17)6-4-5-11-9-21(10-13(11)19)26(20,22)23/h11-15H,4-10,19H2,1-3H3,(H2,20,22,23)/t11-,12+,13-,14+,15-,17+/m0/s1. The van der Waals surface area contributed by atoms with Crippen molar-refractivity contribution >= 4 is 17.3 Å². The molecule has 0 amide bonds. The van der Waals surface area contributed by atoms with Crippen LogP contribution in [0.1, 0.15) is 46.5 Å². The van der Waals surface area contributed by atoms with Gasteiger partial charge >= 0.3 is 7.12 Å². The minimum atomic E-state index is -3.64. The number of hydrogen-bond acceptors (Lipinski definition) is 5. The summed E-state index contributed by atoms with van der Waals surface area (Å²) in [6.07, 6.45) is 5.21. The molecule has 0 aromatic rings. The Balaban J connectivity index is 1.28. The van der Waals surface area contributed by atoms with Crippen LogP contribution in [0.25, 0.3) is 0 Å². The van der Waals surface area contributed by atoms with Gasteiger partial charge in [-0.2, -0.15) is 12.7 Å². The van der Waals surface area contributed by atoms with E-state index in [9.17, 15) is 8.42 Å². The lowest BCUT2D eigenvalue weighted by Gasteiger charge is -2.64. The predicted octanol–water partition coefficient (Wildman–Crippen LogP) is 0.958. The molecule has 0 aromatic carbocycles. The molecule has 5 fully saturated rings. The van der Waals surface area contributed by atoms with Crippen LogP contribution in [0, 0.1) is 23.2 Å². The third-order valence-electron chi connectivity index (χ3n) is 7.83. The Hall–Kier alpha value is -0.185. The van der Waals surface area contributed by atoms with E-state index in [0.29, 0.717) is 24.4 Å². The molecule has 2 heterocycles. The lowest BCUT2D eigenvalue weighted by atomic mass is 9.43. The van der Waals surface area contributed by atoms with E-state index in [4.69, 9.17) is 20.2 Å². The van der Waals surface area contributed by atoms with E-state index in [0.717, 1.165) is 31.5 Å². The van der Waals surface area contributed by atoms with E-state index >= 15 is 0 Å². The van der Waals surface area contributed by atoms with E-state index in [1.165, 1.54) is 10.7 Å². The molecule has 0 aromatic heterocycles. The Morgan fingerprint density at radius 3 is 2.58 bits per heavy atom. The number of hydrogen-bond donors (Lipinski definition) is 2. The first-order valence-electron chi connectivity index (χ1n) is 9.88. The minimum absolute atomic E-state index is 0.146. The second-order valence-corrected chi connectivity index (χ2v) is 11.2. The maximum absolute atomic E-state index is 11.5. The zero-order chi connectivity index (χ0) is 18.9. The van der Waals surface area contributed by atoms with Crippen LogP contribution in [-0.2, 0) is 19.5 Å². The van der Waals surface area contributed by atoms with Gasteiger partial charge in [0.2, 0.25) is 0 Å². The van der Waals surface area contributed by atoms with Crippen LogP contribution in [0.5, 0.6) is 0 Å². The van der Waals surface area contributed by atoms with Gasteiger partial charge in [-0.25, -0.2) is 5.14 Å². The summed E-state index contributed by atoms with van der Waals surface area (Å²) in [6, 6.07) is -0.146. The lowest BCUT2D eigenvalue weighted by molar-refractivity contribution is -0.199. The molecule has 0 unspecified atom stereocenters. The van der Waals surface area contributed by atoms with Crippen LogP contribution in [0.4, 0.5) is 0 Å². The third kappa shape index (κ3) is 2.95. The van der Waals surface area contributed by atoms with Gasteiger partial charge < -0.3 is 15.0 Å². The van der Waals surface area contributed by atoms with Gasteiger partial charge in [-0.15, -0.1) is 0 Å². The molecule has 4 N–H and O–H groups in total. The van der Waals surface area contributed by atoms with Gasteiger partial charge in [-0.05, 0) is 55.7 Å². The topological polar surface area (TPSA) is 108 Å². The van der Waals surface area contributed by atoms with Crippen molar-refractivity contribution in [3.8, 4) is 0 Å². The lowest BCUT2D eigenvalue weighted by Crippen LogP contribution is -2.65. The van der Waals surface area contributed by atoms with Crippen molar-refractivity contribution in [1.82, 2.24) is 4.31 Å². The Morgan fingerprint density at radius 1 is 1.23 bits per heavy atom. The fraction of sp³-hybridized carbons (Fsp3) is 1.00. The summed E-state index contributed by atoms with van der Waals surface area (Å²) in [6.45, 7) is 7.70. The fourth-order valence-electron chi connectivity index (χ4n) is 5.99. The first-order valence-corrected chi connectivity index (χ1v) is 11.4. The van der Waals surface area contributed by atoms with E-state index in [-0.39, 0.29) is 30.8 Å². The summed E-state index contributed by atoms with van der Waals surface area (Å²) in [4.78, 5) is 0. The van der Waals surface area contributed by atoms with E-state index < -0.39 is 10.2 Å². The molecule has 26 heavy (non-hydrogen) atoms. The van der Waals surface area contributed by atoms with Crippen molar-refractivity contribution in [2.24, 2.45) is 34.0 Å². The molecule has 7 nitrogen and oxygen atoms in total. The SMILES string of the molecule is CC1(C)[C@H]2C[C@@H]3OB(CCC[C@H]4CN(S(N)(=O)=O)C[C@@H]4N)O[C@]3(C)[C@@H]1C2. The second-order valence-electron chi connectivity index (χ2n) is 9.62. The highest BCUT2D eigenvalue weighted by atomic mass is 32.2. The summed E-state index contributed by atoms with van der Waals surface area (Å²) >= 11 is 0. The van der Waals surface area contributed by atoms with Crippen molar-refractivity contribution in [2.75, 3.05) is 13.1 Å². The normalized spacial score (nSPS) is 44.8. The number of nitrogens with zero attached hydrogens (tertiary/aromatic N) is 1. The Morgan fingerprint density at radius 2 is 1.96 bits per heavy atom. The summed E-state index contributed by atoms with van der Waals surface area (Å²) < 4.78 is 36.9. The van der Waals surface area contributed by atoms with Crippen molar-refractivity contribution in [1.29, 1.82) is 0 Å². The highest BCUT2D eigenvalue weighted by Gasteiger charge is 2.67. The monoisotopic (exact) mass is 385 g/mol. The van der Waals surface area contributed by atoms with Crippen LogP contribution < -0.4 is 10.9 Å². The summed E-state index contributed by atoms with van der Waals surface area (Å²) in [5.41, 5.74) is 6.31. The zero-order valence-electron chi connectivity index (χ0n) is 16.1. The molecule has 5 rings (SSSR count). The Bertz CT molecular complexity index is 675. The molecule has 2 saturated heterocycles. The van der Waals surface area contributed by atoms with Gasteiger partial charge in [0.1, 0.15) is 0 Å². The number of nitrogens with two attached hydrogens (primary N) is 2. The van der Waals surface area contributed by atoms with Crippen molar-refractivity contribution < 1.29 is 17.7 Å². The van der Waals surface area contributed by atoms with Gasteiger partial charge in [0.25, 0.3) is 10.2 Å². The highest BCUT2D eigenvalue weighted by molar-refractivity contribution is 7.86. The van der Waals surface area contributed by atoms with Gasteiger partial charge in [-0.3, -0.25) is 0 Å². The van der Waals surface area contributed by atoms with E-state index in [1.807, 2.05) is 0 Å². The van der Waals surface area contributed by atoms with Gasteiger partial charge in [0, 0.05) is 19.1 Å². The molecule has 5 aliphatic rings. The average molecular weight is 385 g/mol. The number of rotatable bonds is 5. The molecule has 9 heteroatoms. The quantitative estimate of drug-likeness (QED) is 0.686. The molecule has 0 radical (unpaired) electrons. The van der Waals surface area contributed by atoms with Gasteiger partial charge in [0.15, 0.2) is 0 Å². The molecule has 3 aliphatic carbocycles. The van der Waals surface area contributed by atoms with Gasteiger partial charge in [0.05, 0.1) is 11.7 Å². The molecular weight excluding hydrogens is 353 g/mol. The average Bonchev–Trinajstić information content (AvgIpc) is 3.06. The summed E-state index contributed by atoms with van der Waals surface area (Å²) in [7, 11) is -3.79. The van der Waals surface area contributed by atoms with Crippen molar-refractivity contribution in [3.05, 3.63) is 0 Å². The molecular formula is C17H32BN3O4S. The summed E-state index contributed by atoms with van der Waals surface area (Å²) in [5, 5.41) is 5.22. The maximum atomic E-state index is 11.5. The molecule has 148 valence electrons.